The van der Waals surface area contributed by atoms with Crippen molar-refractivity contribution in [3.63, 3.8) is 0 Å². The van der Waals surface area contributed by atoms with E-state index in [0.29, 0.717) is 0 Å². The average Bonchev–Trinajstić information content (AvgIpc) is 2.58. The zero-order chi connectivity index (χ0) is 10.6. The number of hydrogen-bond acceptors (Lipinski definition) is 6. The van der Waals surface area contributed by atoms with Gasteiger partial charge in [0, 0.05) is 0 Å². The minimum Gasteiger partial charge on any atom is -0.431 e. The highest BCUT2D eigenvalue weighted by molar-refractivity contribution is 5.61. The molecule has 3 aliphatic rings. The molecule has 6 heteroatoms. The van der Waals surface area contributed by atoms with Crippen LogP contribution in [0, 0.1) is 0 Å². The van der Waals surface area contributed by atoms with Gasteiger partial charge in [-0.1, -0.05) is 0 Å². The first-order valence-electron chi connectivity index (χ1n) is 4.90. The van der Waals surface area contributed by atoms with E-state index in [-0.39, 0.29) is 18.8 Å². The van der Waals surface area contributed by atoms with E-state index in [1.54, 1.807) is 13.8 Å². The molecule has 3 heterocycles. The van der Waals surface area contributed by atoms with Crippen molar-refractivity contribution < 1.29 is 28.5 Å². The molecule has 6 nitrogen and oxygen atoms in total. The van der Waals surface area contributed by atoms with Gasteiger partial charge in [-0.3, -0.25) is 0 Å². The van der Waals surface area contributed by atoms with E-state index in [2.05, 4.69) is 0 Å². The van der Waals surface area contributed by atoms with Crippen molar-refractivity contribution in [2.45, 2.75) is 44.2 Å². The molecular formula is C9H12O6. The summed E-state index contributed by atoms with van der Waals surface area (Å²) in [5, 5.41) is 0. The molecule has 0 unspecified atom stereocenters. The first kappa shape index (κ1) is 9.38. The highest BCUT2D eigenvalue weighted by Crippen LogP contribution is 2.39. The molecule has 0 aromatic heterocycles. The Hall–Kier alpha value is -0.850. The molecule has 0 radical (unpaired) electrons. The second-order valence-corrected chi connectivity index (χ2v) is 4.29. The van der Waals surface area contributed by atoms with E-state index < -0.39 is 24.3 Å². The summed E-state index contributed by atoms with van der Waals surface area (Å²) in [7, 11) is 0. The largest absolute Gasteiger partial charge is 0.508 e. The summed E-state index contributed by atoms with van der Waals surface area (Å²) in [6.45, 7) is 3.79. The maximum atomic E-state index is 11.0. The van der Waals surface area contributed by atoms with E-state index in [1.165, 1.54) is 0 Å². The smallest absolute Gasteiger partial charge is 0.431 e. The topological polar surface area (TPSA) is 63.2 Å². The van der Waals surface area contributed by atoms with Gasteiger partial charge in [0.2, 0.25) is 0 Å². The molecule has 3 rings (SSSR count). The summed E-state index contributed by atoms with van der Waals surface area (Å²) < 4.78 is 26.4. The minimum absolute atomic E-state index is 0.198. The molecule has 3 aliphatic heterocycles. The van der Waals surface area contributed by atoms with Gasteiger partial charge in [0.15, 0.2) is 24.3 Å². The van der Waals surface area contributed by atoms with E-state index >= 15 is 0 Å². The summed E-state index contributed by atoms with van der Waals surface area (Å²) in [5.41, 5.74) is 0. The second-order valence-electron chi connectivity index (χ2n) is 4.29. The van der Waals surface area contributed by atoms with Crippen molar-refractivity contribution in [2.75, 3.05) is 6.61 Å². The SMILES string of the molecule is CC1(C)O[C@H]2O[C@@H]3COC(=O)O[C@@H]3[C@H]2O1. The first-order chi connectivity index (χ1) is 7.05. The Bertz CT molecular complexity index is 301. The van der Waals surface area contributed by atoms with Crippen LogP contribution < -0.4 is 0 Å². The van der Waals surface area contributed by atoms with Gasteiger partial charge in [0.25, 0.3) is 0 Å². The van der Waals surface area contributed by atoms with Crippen LogP contribution in [0.2, 0.25) is 0 Å². The van der Waals surface area contributed by atoms with E-state index in [4.69, 9.17) is 23.7 Å². The zero-order valence-electron chi connectivity index (χ0n) is 8.47. The average molecular weight is 216 g/mol. The fourth-order valence-electron chi connectivity index (χ4n) is 2.12. The van der Waals surface area contributed by atoms with E-state index in [0.717, 1.165) is 0 Å². The molecule has 0 spiro atoms. The van der Waals surface area contributed by atoms with Crippen LogP contribution >= 0.6 is 0 Å². The fraction of sp³-hybridized carbons (Fsp3) is 0.889. The molecule has 4 atom stereocenters. The van der Waals surface area contributed by atoms with Gasteiger partial charge in [-0.25, -0.2) is 4.79 Å². The molecule has 84 valence electrons. The van der Waals surface area contributed by atoms with Crippen LogP contribution in [0.1, 0.15) is 13.8 Å². The van der Waals surface area contributed by atoms with E-state index in [1.807, 2.05) is 0 Å². The highest BCUT2D eigenvalue weighted by atomic mass is 16.9. The third kappa shape index (κ3) is 1.40. The van der Waals surface area contributed by atoms with Crippen molar-refractivity contribution in [1.82, 2.24) is 0 Å². The number of fused-ring (bicyclic) bond motifs is 3. The zero-order valence-corrected chi connectivity index (χ0v) is 8.47. The first-order valence-corrected chi connectivity index (χ1v) is 4.90. The number of rotatable bonds is 0. The molecule has 0 saturated carbocycles. The van der Waals surface area contributed by atoms with Crippen molar-refractivity contribution in [2.24, 2.45) is 0 Å². The predicted molar refractivity (Wildman–Crippen MR) is 44.9 cm³/mol. The van der Waals surface area contributed by atoms with Gasteiger partial charge in [-0.05, 0) is 13.8 Å². The number of ether oxygens (including phenoxy) is 5. The van der Waals surface area contributed by atoms with Crippen LogP contribution in [0.25, 0.3) is 0 Å². The summed E-state index contributed by atoms with van der Waals surface area (Å²) >= 11 is 0. The Labute approximate surface area is 86.4 Å². The number of carbonyl (C=O) groups excluding carboxylic acids is 1. The molecule has 15 heavy (non-hydrogen) atoms. The molecule has 3 fully saturated rings. The summed E-state index contributed by atoms with van der Waals surface area (Å²) in [6, 6.07) is 0. The lowest BCUT2D eigenvalue weighted by Gasteiger charge is -2.28. The van der Waals surface area contributed by atoms with Crippen LogP contribution in [-0.4, -0.2) is 43.2 Å². The van der Waals surface area contributed by atoms with E-state index in [9.17, 15) is 4.79 Å². The highest BCUT2D eigenvalue weighted by Gasteiger charge is 2.58. The summed E-state index contributed by atoms with van der Waals surface area (Å²) in [4.78, 5) is 11.0. The molecule has 3 saturated heterocycles. The second kappa shape index (κ2) is 2.84. The Morgan fingerprint density at radius 3 is 2.87 bits per heavy atom. The number of carbonyl (C=O) groups is 1. The normalized spacial score (nSPS) is 46.7. The maximum Gasteiger partial charge on any atom is 0.508 e. The Kier molecular flexibility index (Phi) is 1.78. The molecule has 0 aliphatic carbocycles. The standard InChI is InChI=1S/C9H12O6/c1-9(2)14-6-5-4(12-7(6)15-9)3-11-8(10)13-5/h4-7H,3H2,1-2H3/t4-,5+,6-,7-/m1/s1. The predicted octanol–water partition coefficient (Wildman–Crippen LogP) is 0.398. The number of hydrogen-bond donors (Lipinski definition) is 0. The van der Waals surface area contributed by atoms with Crippen LogP contribution in [-0.2, 0) is 23.7 Å². The molecule has 0 bridgehead atoms. The van der Waals surface area contributed by atoms with Crippen molar-refractivity contribution in [3.8, 4) is 0 Å². The van der Waals surface area contributed by atoms with Gasteiger partial charge in [0.05, 0.1) is 0 Å². The quantitative estimate of drug-likeness (QED) is 0.546. The van der Waals surface area contributed by atoms with Crippen molar-refractivity contribution in [1.29, 1.82) is 0 Å². The fourth-order valence-corrected chi connectivity index (χ4v) is 2.12. The third-order valence-electron chi connectivity index (χ3n) is 2.69. The lowest BCUT2D eigenvalue weighted by molar-refractivity contribution is -0.227. The molecule has 0 N–H and O–H groups in total. The lowest BCUT2D eigenvalue weighted by atomic mass is 10.1. The monoisotopic (exact) mass is 216 g/mol. The van der Waals surface area contributed by atoms with Crippen LogP contribution in [0.15, 0.2) is 0 Å². The van der Waals surface area contributed by atoms with Gasteiger partial charge in [-0.15, -0.1) is 0 Å². The molecular weight excluding hydrogens is 204 g/mol. The third-order valence-corrected chi connectivity index (χ3v) is 2.69. The van der Waals surface area contributed by atoms with Crippen molar-refractivity contribution in [3.05, 3.63) is 0 Å². The van der Waals surface area contributed by atoms with Gasteiger partial charge >= 0.3 is 6.16 Å². The van der Waals surface area contributed by atoms with Crippen LogP contribution in [0.3, 0.4) is 0 Å². The maximum absolute atomic E-state index is 11.0. The van der Waals surface area contributed by atoms with Crippen molar-refractivity contribution >= 4 is 6.16 Å². The number of cyclic esters (lactones) is 1. The summed E-state index contributed by atoms with van der Waals surface area (Å²) in [5.74, 6) is -0.689. The lowest BCUT2D eigenvalue weighted by Crippen LogP contribution is -2.44. The Morgan fingerprint density at radius 2 is 2.07 bits per heavy atom. The van der Waals surface area contributed by atoms with Crippen LogP contribution in [0.5, 0.6) is 0 Å². The van der Waals surface area contributed by atoms with Gasteiger partial charge < -0.3 is 23.7 Å². The molecule has 0 amide bonds. The van der Waals surface area contributed by atoms with Gasteiger partial charge in [0.1, 0.15) is 12.7 Å². The Morgan fingerprint density at radius 1 is 1.27 bits per heavy atom. The molecule has 0 aromatic rings. The molecule has 0 aromatic carbocycles. The summed E-state index contributed by atoms with van der Waals surface area (Å²) in [6.07, 6.45) is -2.19. The van der Waals surface area contributed by atoms with Crippen LogP contribution in [0.4, 0.5) is 4.79 Å². The van der Waals surface area contributed by atoms with Gasteiger partial charge in [-0.2, -0.15) is 0 Å². The minimum atomic E-state index is -0.689. The Balaban J connectivity index is 1.79.